The number of carbonyl (C=O) groups excluding carboxylic acids is 1. The van der Waals surface area contributed by atoms with Gasteiger partial charge >= 0.3 is 0 Å². The summed E-state index contributed by atoms with van der Waals surface area (Å²) < 4.78 is 6.09. The van der Waals surface area contributed by atoms with Crippen molar-refractivity contribution in [3.8, 4) is 11.5 Å². The van der Waals surface area contributed by atoms with E-state index < -0.39 is 6.04 Å². The van der Waals surface area contributed by atoms with E-state index in [9.17, 15) is 4.79 Å². The van der Waals surface area contributed by atoms with Crippen LogP contribution in [0.4, 0.5) is 0 Å². The molecule has 1 aliphatic rings. The average Bonchev–Trinajstić information content (AvgIpc) is 3.16. The number of benzene rings is 1. The molecule has 0 spiro atoms. The number of likely N-dealkylation sites (N-methyl/N-ethyl adjacent to an activating group) is 1. The number of carbonyl (C=O) groups is 1. The molecule has 2 heterocycles. The Kier molecular flexibility index (Phi) is 6.04. The van der Waals surface area contributed by atoms with Crippen LogP contribution in [0.1, 0.15) is 43.2 Å². The molecule has 2 aromatic heterocycles. The number of nitrogens with zero attached hydrogens (tertiary/aromatic N) is 2. The number of nitrogens with one attached hydrogen (secondary N) is 1. The minimum Gasteiger partial charge on any atom is -0.457 e. The van der Waals surface area contributed by atoms with Gasteiger partial charge in [-0.1, -0.05) is 31.4 Å². The molecule has 0 aliphatic heterocycles. The van der Waals surface area contributed by atoms with E-state index in [1.807, 2.05) is 55.4 Å². The maximum Gasteiger partial charge on any atom is 0.239 e. The Morgan fingerprint density at radius 3 is 2.70 bits per heavy atom. The average molecular weight is 407 g/mol. The number of aromatic amines is 1. The zero-order chi connectivity index (χ0) is 21.1. The lowest BCUT2D eigenvalue weighted by atomic mass is 9.94. The molecule has 1 aromatic carbocycles. The van der Waals surface area contributed by atoms with Crippen LogP contribution in [0.25, 0.3) is 11.0 Å². The third-order valence-electron chi connectivity index (χ3n) is 6.13. The van der Waals surface area contributed by atoms with Crippen LogP contribution >= 0.6 is 0 Å². The maximum atomic E-state index is 12.8. The summed E-state index contributed by atoms with van der Waals surface area (Å²) in [6, 6.07) is 9.48. The number of rotatable bonds is 6. The first-order valence-corrected chi connectivity index (χ1v) is 10.7. The second kappa shape index (κ2) is 8.88. The monoisotopic (exact) mass is 406 g/mol. The first-order valence-electron chi connectivity index (χ1n) is 10.7. The number of ether oxygens (including phenoxy) is 1. The number of H-pyrrole nitrogens is 1. The third kappa shape index (κ3) is 4.33. The molecular weight excluding hydrogens is 376 g/mol. The van der Waals surface area contributed by atoms with Gasteiger partial charge in [-0.25, -0.2) is 4.98 Å². The first kappa shape index (κ1) is 20.4. The van der Waals surface area contributed by atoms with Crippen molar-refractivity contribution in [2.45, 2.75) is 57.5 Å². The SMILES string of the molecule is Cc1c[nH]c2nccc(Oc3ccc(CC(N)C(=O)N(C)C4CCCCC4)cc3)c12. The lowest BCUT2D eigenvalue weighted by molar-refractivity contribution is -0.133. The number of fused-ring (bicyclic) bond motifs is 1. The second-order valence-corrected chi connectivity index (χ2v) is 8.30. The van der Waals surface area contributed by atoms with Crippen LogP contribution in [0, 0.1) is 6.92 Å². The number of hydrogen-bond donors (Lipinski definition) is 2. The second-order valence-electron chi connectivity index (χ2n) is 8.30. The van der Waals surface area contributed by atoms with Gasteiger partial charge in [-0.05, 0) is 55.5 Å². The van der Waals surface area contributed by atoms with Gasteiger partial charge in [0.15, 0.2) is 0 Å². The van der Waals surface area contributed by atoms with Gasteiger partial charge in [-0.2, -0.15) is 0 Å². The molecule has 6 heteroatoms. The Morgan fingerprint density at radius 2 is 1.97 bits per heavy atom. The third-order valence-corrected chi connectivity index (χ3v) is 6.13. The fourth-order valence-electron chi connectivity index (χ4n) is 4.34. The molecule has 158 valence electrons. The molecule has 1 amide bonds. The number of pyridine rings is 1. The highest BCUT2D eigenvalue weighted by atomic mass is 16.5. The standard InChI is InChI=1S/C24H30N4O2/c1-16-15-27-23-22(16)21(12-13-26-23)30-19-10-8-17(9-11-19)14-20(25)24(29)28(2)18-6-4-3-5-7-18/h8-13,15,18,20H,3-7,14,25H2,1-2H3,(H,26,27). The molecule has 1 unspecified atom stereocenters. The normalized spacial score (nSPS) is 15.8. The predicted molar refractivity (Wildman–Crippen MR) is 119 cm³/mol. The molecule has 1 fully saturated rings. The lowest BCUT2D eigenvalue weighted by Gasteiger charge is -2.33. The molecule has 3 N–H and O–H groups in total. The van der Waals surface area contributed by atoms with Crippen LogP contribution in [-0.4, -0.2) is 39.9 Å². The quantitative estimate of drug-likeness (QED) is 0.638. The van der Waals surface area contributed by atoms with Gasteiger partial charge < -0.3 is 20.4 Å². The van der Waals surface area contributed by atoms with Crippen molar-refractivity contribution in [2.75, 3.05) is 7.05 Å². The highest BCUT2D eigenvalue weighted by molar-refractivity contribution is 5.86. The van der Waals surface area contributed by atoms with Gasteiger partial charge in [-0.3, -0.25) is 4.79 Å². The van der Waals surface area contributed by atoms with Gasteiger partial charge in [-0.15, -0.1) is 0 Å². The fourth-order valence-corrected chi connectivity index (χ4v) is 4.34. The molecule has 30 heavy (non-hydrogen) atoms. The Bertz CT molecular complexity index is 1010. The van der Waals surface area contributed by atoms with E-state index in [2.05, 4.69) is 9.97 Å². The molecule has 1 atom stereocenters. The van der Waals surface area contributed by atoms with Crippen molar-refractivity contribution < 1.29 is 9.53 Å². The molecule has 0 radical (unpaired) electrons. The van der Waals surface area contributed by atoms with Crippen LogP contribution in [0.2, 0.25) is 0 Å². The van der Waals surface area contributed by atoms with E-state index in [-0.39, 0.29) is 5.91 Å². The van der Waals surface area contributed by atoms with Crippen LogP contribution in [-0.2, 0) is 11.2 Å². The summed E-state index contributed by atoms with van der Waals surface area (Å²) in [5, 5.41) is 0.986. The van der Waals surface area contributed by atoms with Gasteiger partial charge in [0.1, 0.15) is 17.1 Å². The Balaban J connectivity index is 1.39. The van der Waals surface area contributed by atoms with Crippen LogP contribution in [0.15, 0.2) is 42.7 Å². The van der Waals surface area contributed by atoms with Crippen LogP contribution < -0.4 is 10.5 Å². The van der Waals surface area contributed by atoms with Gasteiger partial charge in [0.05, 0.1) is 11.4 Å². The zero-order valence-corrected chi connectivity index (χ0v) is 17.7. The van der Waals surface area contributed by atoms with Crippen molar-refractivity contribution in [2.24, 2.45) is 5.73 Å². The fraction of sp³-hybridized carbons (Fsp3) is 0.417. The Labute approximate surface area is 177 Å². The van der Waals surface area contributed by atoms with Crippen molar-refractivity contribution in [1.29, 1.82) is 0 Å². The summed E-state index contributed by atoms with van der Waals surface area (Å²) in [5.41, 5.74) is 9.19. The lowest BCUT2D eigenvalue weighted by Crippen LogP contribution is -2.48. The van der Waals surface area contributed by atoms with Crippen molar-refractivity contribution in [3.63, 3.8) is 0 Å². The zero-order valence-electron chi connectivity index (χ0n) is 17.7. The van der Waals surface area contributed by atoms with E-state index in [0.29, 0.717) is 12.5 Å². The van der Waals surface area contributed by atoms with E-state index in [1.165, 1.54) is 19.3 Å². The Hall–Kier alpha value is -2.86. The summed E-state index contributed by atoms with van der Waals surface area (Å²) in [6.07, 6.45) is 10.0. The number of nitrogens with two attached hydrogens (primary N) is 1. The van der Waals surface area contributed by atoms with E-state index in [4.69, 9.17) is 10.5 Å². The summed E-state index contributed by atoms with van der Waals surface area (Å²) in [4.78, 5) is 22.1. The minimum atomic E-state index is -0.522. The summed E-state index contributed by atoms with van der Waals surface area (Å²) >= 11 is 0. The van der Waals surface area contributed by atoms with E-state index in [0.717, 1.165) is 46.5 Å². The molecule has 0 bridgehead atoms. The molecule has 4 rings (SSSR count). The van der Waals surface area contributed by atoms with E-state index >= 15 is 0 Å². The molecular formula is C24H30N4O2. The first-order chi connectivity index (χ1) is 14.5. The van der Waals surface area contributed by atoms with Crippen LogP contribution in [0.3, 0.4) is 0 Å². The smallest absolute Gasteiger partial charge is 0.239 e. The highest BCUT2D eigenvalue weighted by Crippen LogP contribution is 2.31. The topological polar surface area (TPSA) is 84.2 Å². The number of hydrogen-bond acceptors (Lipinski definition) is 4. The minimum absolute atomic E-state index is 0.0318. The van der Waals surface area contributed by atoms with Gasteiger partial charge in [0, 0.05) is 25.5 Å². The Morgan fingerprint density at radius 1 is 1.23 bits per heavy atom. The van der Waals surface area contributed by atoms with E-state index in [1.54, 1.807) is 6.20 Å². The number of amides is 1. The predicted octanol–water partition coefficient (Wildman–Crippen LogP) is 4.32. The number of aromatic nitrogens is 2. The molecule has 0 saturated heterocycles. The summed E-state index contributed by atoms with van der Waals surface area (Å²) in [5.74, 6) is 1.54. The van der Waals surface area contributed by atoms with Crippen LogP contribution in [0.5, 0.6) is 11.5 Å². The molecule has 1 aliphatic carbocycles. The largest absolute Gasteiger partial charge is 0.457 e. The summed E-state index contributed by atoms with van der Waals surface area (Å²) in [7, 11) is 1.90. The van der Waals surface area contributed by atoms with Gasteiger partial charge in [0.2, 0.25) is 5.91 Å². The van der Waals surface area contributed by atoms with Gasteiger partial charge in [0.25, 0.3) is 0 Å². The summed E-state index contributed by atoms with van der Waals surface area (Å²) in [6.45, 7) is 2.03. The maximum absolute atomic E-state index is 12.8. The van der Waals surface area contributed by atoms with Crippen molar-refractivity contribution in [1.82, 2.24) is 14.9 Å². The highest BCUT2D eigenvalue weighted by Gasteiger charge is 2.26. The molecule has 6 nitrogen and oxygen atoms in total. The van der Waals surface area contributed by atoms with Crippen molar-refractivity contribution >= 4 is 16.9 Å². The molecule has 1 saturated carbocycles. The molecule has 3 aromatic rings. The van der Waals surface area contributed by atoms with Crippen molar-refractivity contribution in [3.05, 3.63) is 53.9 Å². The number of aryl methyl sites for hydroxylation is 1.